The van der Waals surface area contributed by atoms with Gasteiger partial charge in [-0.25, -0.2) is 12.8 Å². The van der Waals surface area contributed by atoms with Gasteiger partial charge < -0.3 is 11.5 Å². The summed E-state index contributed by atoms with van der Waals surface area (Å²) in [5.41, 5.74) is 10.8. The molecule has 0 spiro atoms. The van der Waals surface area contributed by atoms with Crippen LogP contribution in [0.15, 0.2) is 23.1 Å². The van der Waals surface area contributed by atoms with E-state index in [9.17, 15) is 17.6 Å². The van der Waals surface area contributed by atoms with Crippen LogP contribution in [0.5, 0.6) is 0 Å². The van der Waals surface area contributed by atoms with Crippen molar-refractivity contribution < 1.29 is 17.6 Å². The molecule has 1 amide bonds. The highest BCUT2D eigenvalue weighted by molar-refractivity contribution is 7.89. The van der Waals surface area contributed by atoms with Gasteiger partial charge in [-0.1, -0.05) is 6.42 Å². The Hall–Kier alpha value is -1.67. The predicted octanol–water partition coefficient (Wildman–Crippen LogP) is 0.436. The highest BCUT2D eigenvalue weighted by atomic mass is 32.2. The molecule has 20 heavy (non-hydrogen) atoms. The van der Waals surface area contributed by atoms with E-state index in [1.807, 2.05) is 0 Å². The summed E-state index contributed by atoms with van der Waals surface area (Å²) in [5.74, 6) is -1.65. The Bertz CT molecular complexity index is 633. The molecule has 2 rings (SSSR count). The molecule has 4 N–H and O–H groups in total. The second-order valence-electron chi connectivity index (χ2n) is 4.72. The van der Waals surface area contributed by atoms with Gasteiger partial charge in [-0.3, -0.25) is 4.79 Å². The minimum absolute atomic E-state index is 0.131. The fourth-order valence-electron chi connectivity index (χ4n) is 2.33. The van der Waals surface area contributed by atoms with E-state index in [4.69, 9.17) is 11.5 Å². The number of nitrogens with zero attached hydrogens (tertiary/aromatic N) is 1. The van der Waals surface area contributed by atoms with Crippen LogP contribution in [-0.4, -0.2) is 31.2 Å². The molecule has 0 aliphatic carbocycles. The van der Waals surface area contributed by atoms with Gasteiger partial charge >= 0.3 is 0 Å². The normalized spacial score (nSPS) is 20.8. The summed E-state index contributed by atoms with van der Waals surface area (Å²) in [4.78, 5) is 10.9. The smallest absolute Gasteiger partial charge is 0.246 e. The van der Waals surface area contributed by atoms with Gasteiger partial charge in [0.25, 0.3) is 0 Å². The van der Waals surface area contributed by atoms with Crippen molar-refractivity contribution in [3.63, 3.8) is 0 Å². The first-order valence-corrected chi connectivity index (χ1v) is 7.64. The second kappa shape index (κ2) is 5.37. The Morgan fingerprint density at radius 1 is 1.35 bits per heavy atom. The number of piperidine rings is 1. The van der Waals surface area contributed by atoms with Crippen molar-refractivity contribution in [3.8, 4) is 0 Å². The van der Waals surface area contributed by atoms with Crippen molar-refractivity contribution >= 4 is 21.6 Å². The number of amides is 1. The van der Waals surface area contributed by atoms with E-state index in [-0.39, 0.29) is 12.2 Å². The maximum atomic E-state index is 13.8. The van der Waals surface area contributed by atoms with Gasteiger partial charge in [-0.05, 0) is 31.0 Å². The zero-order valence-corrected chi connectivity index (χ0v) is 11.6. The molecule has 1 aromatic carbocycles. The van der Waals surface area contributed by atoms with Gasteiger partial charge in [0.05, 0.1) is 0 Å². The van der Waals surface area contributed by atoms with Crippen LogP contribution in [0.4, 0.5) is 10.1 Å². The predicted molar refractivity (Wildman–Crippen MR) is 71.5 cm³/mol. The summed E-state index contributed by atoms with van der Waals surface area (Å²) < 4.78 is 39.7. The third-order valence-corrected chi connectivity index (χ3v) is 5.27. The summed E-state index contributed by atoms with van der Waals surface area (Å²) in [6, 6.07) is 2.42. The van der Waals surface area contributed by atoms with Gasteiger partial charge in [-0.2, -0.15) is 4.31 Å². The average Bonchev–Trinajstić information content (AvgIpc) is 2.38. The van der Waals surface area contributed by atoms with Gasteiger partial charge in [0, 0.05) is 12.2 Å². The molecular formula is C12H16FN3O3S. The van der Waals surface area contributed by atoms with Crippen LogP contribution >= 0.6 is 0 Å². The highest BCUT2D eigenvalue weighted by Crippen LogP contribution is 2.27. The molecule has 1 saturated heterocycles. The average molecular weight is 301 g/mol. The summed E-state index contributed by atoms with van der Waals surface area (Å²) in [6.45, 7) is 0.153. The van der Waals surface area contributed by atoms with E-state index in [1.54, 1.807) is 0 Å². The fourth-order valence-corrected chi connectivity index (χ4v) is 4.04. The molecule has 1 unspecified atom stereocenters. The SMILES string of the molecule is NC(=O)C1CCCCN1S(=O)(=O)c1ccc(N)cc1F. The topological polar surface area (TPSA) is 106 Å². The molecule has 1 fully saturated rings. The number of carbonyl (C=O) groups excluding carboxylic acids is 1. The number of anilines is 1. The number of hydrogen-bond donors (Lipinski definition) is 2. The van der Waals surface area contributed by atoms with E-state index < -0.39 is 32.7 Å². The molecule has 6 nitrogen and oxygen atoms in total. The first kappa shape index (κ1) is 14.7. The molecule has 0 saturated carbocycles. The zero-order valence-electron chi connectivity index (χ0n) is 10.8. The number of benzene rings is 1. The molecular weight excluding hydrogens is 285 g/mol. The van der Waals surface area contributed by atoms with Crippen LogP contribution in [0.3, 0.4) is 0 Å². The Morgan fingerprint density at radius 2 is 2.05 bits per heavy atom. The van der Waals surface area contributed by atoms with Crippen molar-refractivity contribution in [3.05, 3.63) is 24.0 Å². The van der Waals surface area contributed by atoms with E-state index >= 15 is 0 Å². The van der Waals surface area contributed by atoms with Gasteiger partial charge in [0.2, 0.25) is 15.9 Å². The lowest BCUT2D eigenvalue weighted by molar-refractivity contribution is -0.122. The first-order chi connectivity index (χ1) is 9.34. The van der Waals surface area contributed by atoms with Crippen molar-refractivity contribution in [1.29, 1.82) is 0 Å². The van der Waals surface area contributed by atoms with Crippen LogP contribution in [0, 0.1) is 5.82 Å². The minimum atomic E-state index is -4.10. The molecule has 0 aromatic heterocycles. The highest BCUT2D eigenvalue weighted by Gasteiger charge is 2.37. The van der Waals surface area contributed by atoms with E-state index in [1.165, 1.54) is 6.07 Å². The number of halogens is 1. The molecule has 0 bridgehead atoms. The molecule has 1 atom stereocenters. The Labute approximate surface area is 116 Å². The monoisotopic (exact) mass is 301 g/mol. The lowest BCUT2D eigenvalue weighted by atomic mass is 10.0. The number of rotatable bonds is 3. The minimum Gasteiger partial charge on any atom is -0.399 e. The third-order valence-electron chi connectivity index (χ3n) is 3.32. The van der Waals surface area contributed by atoms with Crippen LogP contribution in [0.25, 0.3) is 0 Å². The number of primary amides is 1. The fraction of sp³-hybridized carbons (Fsp3) is 0.417. The van der Waals surface area contributed by atoms with E-state index in [0.29, 0.717) is 19.3 Å². The Balaban J connectivity index is 2.45. The lowest BCUT2D eigenvalue weighted by Crippen LogP contribution is -2.50. The molecule has 1 heterocycles. The van der Waals surface area contributed by atoms with Crippen molar-refractivity contribution in [2.24, 2.45) is 5.73 Å². The summed E-state index contributed by atoms with van der Waals surface area (Å²) in [7, 11) is -4.10. The van der Waals surface area contributed by atoms with Crippen LogP contribution < -0.4 is 11.5 Å². The maximum Gasteiger partial charge on any atom is 0.246 e. The maximum absolute atomic E-state index is 13.8. The summed E-state index contributed by atoms with van der Waals surface area (Å²) >= 11 is 0. The number of hydrogen-bond acceptors (Lipinski definition) is 4. The second-order valence-corrected chi connectivity index (χ2v) is 6.58. The standard InChI is InChI=1S/C12H16FN3O3S/c13-9-7-8(14)4-5-11(9)20(18,19)16-6-2-1-3-10(16)12(15)17/h4-5,7,10H,1-3,6,14H2,(H2,15,17). The van der Waals surface area contributed by atoms with Crippen LogP contribution in [-0.2, 0) is 14.8 Å². The Kier molecular flexibility index (Phi) is 3.96. The van der Waals surface area contributed by atoms with E-state index in [2.05, 4.69) is 0 Å². The molecule has 1 aliphatic rings. The van der Waals surface area contributed by atoms with Gasteiger partial charge in [-0.15, -0.1) is 0 Å². The quantitative estimate of drug-likeness (QED) is 0.790. The van der Waals surface area contributed by atoms with Gasteiger partial charge in [0.15, 0.2) is 0 Å². The zero-order chi connectivity index (χ0) is 14.9. The number of carbonyl (C=O) groups is 1. The van der Waals surface area contributed by atoms with Crippen LogP contribution in [0.2, 0.25) is 0 Å². The van der Waals surface area contributed by atoms with Crippen molar-refractivity contribution in [1.82, 2.24) is 4.31 Å². The molecule has 1 aliphatic heterocycles. The number of nitrogen functional groups attached to an aromatic ring is 1. The van der Waals surface area contributed by atoms with Crippen molar-refractivity contribution in [2.45, 2.75) is 30.2 Å². The number of nitrogens with two attached hydrogens (primary N) is 2. The van der Waals surface area contributed by atoms with Crippen LogP contribution in [0.1, 0.15) is 19.3 Å². The molecule has 110 valence electrons. The Morgan fingerprint density at radius 3 is 2.65 bits per heavy atom. The van der Waals surface area contributed by atoms with Crippen molar-refractivity contribution in [2.75, 3.05) is 12.3 Å². The third kappa shape index (κ3) is 2.61. The number of sulfonamides is 1. The van der Waals surface area contributed by atoms with E-state index in [0.717, 1.165) is 16.4 Å². The molecule has 0 radical (unpaired) electrons. The van der Waals surface area contributed by atoms with Gasteiger partial charge in [0.1, 0.15) is 16.8 Å². The summed E-state index contributed by atoms with van der Waals surface area (Å²) in [5, 5.41) is 0. The summed E-state index contributed by atoms with van der Waals surface area (Å²) in [6.07, 6.45) is 1.68. The lowest BCUT2D eigenvalue weighted by Gasteiger charge is -2.32. The largest absolute Gasteiger partial charge is 0.399 e. The molecule has 8 heteroatoms. The molecule has 1 aromatic rings. The first-order valence-electron chi connectivity index (χ1n) is 6.20.